The van der Waals surface area contributed by atoms with Crippen LogP contribution in [0.3, 0.4) is 0 Å². The molecule has 2 aromatic carbocycles. The van der Waals surface area contributed by atoms with Crippen LogP contribution < -0.4 is 0 Å². The summed E-state index contributed by atoms with van der Waals surface area (Å²) in [5, 5.41) is 10.4. The van der Waals surface area contributed by atoms with Gasteiger partial charge in [-0.3, -0.25) is 9.69 Å². The van der Waals surface area contributed by atoms with E-state index in [9.17, 15) is 9.90 Å². The highest BCUT2D eigenvalue weighted by Crippen LogP contribution is 2.41. The lowest BCUT2D eigenvalue weighted by atomic mass is 9.77. The molecular weight excluding hydrogens is 360 g/mol. The maximum absolute atomic E-state index is 12.6. The number of likely N-dealkylation sites (tertiary alicyclic amines) is 2. The number of benzene rings is 2. The summed E-state index contributed by atoms with van der Waals surface area (Å²) in [7, 11) is 0. The van der Waals surface area contributed by atoms with Crippen molar-refractivity contribution in [1.29, 1.82) is 0 Å². The fourth-order valence-corrected chi connectivity index (χ4v) is 4.50. The van der Waals surface area contributed by atoms with Crippen molar-refractivity contribution in [3.05, 3.63) is 64.7 Å². The molecule has 2 fully saturated rings. The van der Waals surface area contributed by atoms with Crippen molar-refractivity contribution in [3.8, 4) is 5.75 Å². The van der Waals surface area contributed by atoms with Crippen LogP contribution in [0.5, 0.6) is 5.75 Å². The van der Waals surface area contributed by atoms with Crippen molar-refractivity contribution in [2.75, 3.05) is 19.6 Å². The van der Waals surface area contributed by atoms with Crippen LogP contribution >= 0.6 is 11.6 Å². The quantitative estimate of drug-likeness (QED) is 0.864. The van der Waals surface area contributed by atoms with Gasteiger partial charge in [-0.05, 0) is 66.7 Å². The lowest BCUT2D eigenvalue weighted by Crippen LogP contribution is -2.41. The van der Waals surface area contributed by atoms with Crippen molar-refractivity contribution in [1.82, 2.24) is 9.80 Å². The monoisotopic (exact) mass is 384 g/mol. The normalized spacial score (nSPS) is 19.7. The number of piperidine rings is 1. The largest absolute Gasteiger partial charge is 0.508 e. The maximum atomic E-state index is 12.6. The van der Waals surface area contributed by atoms with Crippen LogP contribution in [0.4, 0.5) is 0 Å². The van der Waals surface area contributed by atoms with Gasteiger partial charge in [0.15, 0.2) is 0 Å². The van der Waals surface area contributed by atoms with E-state index >= 15 is 0 Å². The molecule has 2 aliphatic heterocycles. The summed E-state index contributed by atoms with van der Waals surface area (Å²) in [5.41, 5.74) is 2.39. The topological polar surface area (TPSA) is 43.8 Å². The second-order valence-corrected chi connectivity index (χ2v) is 8.44. The molecule has 4 rings (SSSR count). The van der Waals surface area contributed by atoms with Crippen LogP contribution in [-0.2, 0) is 17.9 Å². The van der Waals surface area contributed by atoms with Crippen molar-refractivity contribution in [2.24, 2.45) is 5.41 Å². The number of hydrogen-bond acceptors (Lipinski definition) is 3. The van der Waals surface area contributed by atoms with Crippen molar-refractivity contribution < 1.29 is 9.90 Å². The third kappa shape index (κ3) is 4.28. The standard InChI is InChI=1S/C22H25ClN2O2/c23-19-6-4-17(5-7-19)15-25-16-22(13-21(25)27)8-10-24(11-9-22)14-18-2-1-3-20(26)12-18/h1-7,12,26H,8-11,13-16H2. The third-order valence-electron chi connectivity index (χ3n) is 5.93. The molecule has 2 aliphatic rings. The van der Waals surface area contributed by atoms with Gasteiger partial charge in [0.1, 0.15) is 5.75 Å². The van der Waals surface area contributed by atoms with E-state index in [4.69, 9.17) is 11.6 Å². The summed E-state index contributed by atoms with van der Waals surface area (Å²) < 4.78 is 0. The predicted octanol–water partition coefficient (Wildman–Crippen LogP) is 4.06. The maximum Gasteiger partial charge on any atom is 0.223 e. The first-order valence-electron chi connectivity index (χ1n) is 9.54. The van der Waals surface area contributed by atoms with E-state index in [2.05, 4.69) is 11.0 Å². The number of halogens is 1. The Labute approximate surface area is 165 Å². The first kappa shape index (κ1) is 18.3. The van der Waals surface area contributed by atoms with Gasteiger partial charge in [0.2, 0.25) is 5.91 Å². The Morgan fingerprint density at radius 2 is 1.74 bits per heavy atom. The van der Waals surface area contributed by atoms with E-state index in [0.29, 0.717) is 18.7 Å². The lowest BCUT2D eigenvalue weighted by molar-refractivity contribution is -0.128. The molecule has 2 heterocycles. The van der Waals surface area contributed by atoms with Crippen LogP contribution in [0.25, 0.3) is 0 Å². The zero-order valence-corrected chi connectivity index (χ0v) is 16.2. The highest BCUT2D eigenvalue weighted by atomic mass is 35.5. The zero-order chi connectivity index (χ0) is 18.9. The second-order valence-electron chi connectivity index (χ2n) is 8.00. The number of carbonyl (C=O) groups excluding carboxylic acids is 1. The van der Waals surface area contributed by atoms with Gasteiger partial charge in [-0.2, -0.15) is 0 Å². The number of phenolic OH excluding ortho intramolecular Hbond substituents is 1. The Hall–Kier alpha value is -2.04. The van der Waals surface area contributed by atoms with Crippen molar-refractivity contribution in [3.63, 3.8) is 0 Å². The van der Waals surface area contributed by atoms with Gasteiger partial charge in [0, 0.05) is 31.1 Å². The highest BCUT2D eigenvalue weighted by Gasteiger charge is 2.44. The minimum Gasteiger partial charge on any atom is -0.508 e. The molecule has 5 heteroatoms. The van der Waals surface area contributed by atoms with Gasteiger partial charge in [-0.25, -0.2) is 0 Å². The Morgan fingerprint density at radius 1 is 1.00 bits per heavy atom. The SMILES string of the molecule is O=C1CC2(CCN(Cc3cccc(O)c3)CC2)CN1Cc1ccc(Cl)cc1. The van der Waals surface area contributed by atoms with E-state index in [1.165, 1.54) is 0 Å². The average molecular weight is 385 g/mol. The average Bonchev–Trinajstić information content (AvgIpc) is 2.94. The van der Waals surface area contributed by atoms with E-state index < -0.39 is 0 Å². The number of phenols is 1. The molecule has 27 heavy (non-hydrogen) atoms. The first-order chi connectivity index (χ1) is 13.0. The smallest absolute Gasteiger partial charge is 0.223 e. The number of carbonyl (C=O) groups is 1. The van der Waals surface area contributed by atoms with Gasteiger partial charge in [-0.15, -0.1) is 0 Å². The Morgan fingerprint density at radius 3 is 2.44 bits per heavy atom. The molecule has 2 saturated heterocycles. The van der Waals surface area contributed by atoms with Crippen LogP contribution in [0.1, 0.15) is 30.4 Å². The molecule has 0 saturated carbocycles. The van der Waals surface area contributed by atoms with E-state index in [1.807, 2.05) is 41.3 Å². The third-order valence-corrected chi connectivity index (χ3v) is 6.18. The fraction of sp³-hybridized carbons (Fsp3) is 0.409. The summed E-state index contributed by atoms with van der Waals surface area (Å²) in [6, 6.07) is 15.2. The molecule has 0 atom stereocenters. The molecule has 1 N–H and O–H groups in total. The van der Waals surface area contributed by atoms with Gasteiger partial charge in [-0.1, -0.05) is 35.9 Å². The minimum absolute atomic E-state index is 0.124. The van der Waals surface area contributed by atoms with Gasteiger partial charge in [0.05, 0.1) is 0 Å². The molecule has 142 valence electrons. The van der Waals surface area contributed by atoms with Gasteiger partial charge < -0.3 is 10.0 Å². The molecular formula is C22H25ClN2O2. The fourth-order valence-electron chi connectivity index (χ4n) is 4.37. The van der Waals surface area contributed by atoms with Crippen LogP contribution in [0.2, 0.25) is 5.02 Å². The summed E-state index contributed by atoms with van der Waals surface area (Å²) in [6.07, 6.45) is 2.77. The molecule has 0 aromatic heterocycles. The molecule has 1 amide bonds. The van der Waals surface area contributed by atoms with Crippen molar-refractivity contribution >= 4 is 17.5 Å². The van der Waals surface area contributed by atoms with Gasteiger partial charge >= 0.3 is 0 Å². The Kier molecular flexibility index (Phi) is 5.11. The lowest BCUT2D eigenvalue weighted by Gasteiger charge is -2.38. The number of nitrogens with zero attached hydrogens (tertiary/aromatic N) is 2. The summed E-state index contributed by atoms with van der Waals surface area (Å²) in [6.45, 7) is 4.38. The Balaban J connectivity index is 1.34. The van der Waals surface area contributed by atoms with Crippen LogP contribution in [-0.4, -0.2) is 40.4 Å². The van der Waals surface area contributed by atoms with Crippen LogP contribution in [0, 0.1) is 5.41 Å². The van der Waals surface area contributed by atoms with E-state index in [1.54, 1.807) is 6.07 Å². The predicted molar refractivity (Wildman–Crippen MR) is 107 cm³/mol. The molecule has 4 nitrogen and oxygen atoms in total. The number of aromatic hydroxyl groups is 1. The molecule has 0 unspecified atom stereocenters. The van der Waals surface area contributed by atoms with Crippen LogP contribution in [0.15, 0.2) is 48.5 Å². The number of hydrogen-bond donors (Lipinski definition) is 1. The Bertz CT molecular complexity index is 813. The first-order valence-corrected chi connectivity index (χ1v) is 9.92. The van der Waals surface area contributed by atoms with Gasteiger partial charge in [0.25, 0.3) is 0 Å². The number of amides is 1. The summed E-state index contributed by atoms with van der Waals surface area (Å²) in [5.74, 6) is 0.589. The van der Waals surface area contributed by atoms with E-state index in [0.717, 1.165) is 55.2 Å². The molecule has 2 aromatic rings. The highest BCUT2D eigenvalue weighted by molar-refractivity contribution is 6.30. The number of rotatable bonds is 4. The van der Waals surface area contributed by atoms with Crippen molar-refractivity contribution in [2.45, 2.75) is 32.4 Å². The minimum atomic E-state index is 0.124. The molecule has 1 spiro atoms. The molecule has 0 bridgehead atoms. The molecule has 0 aliphatic carbocycles. The van der Waals surface area contributed by atoms with E-state index in [-0.39, 0.29) is 11.3 Å². The second kappa shape index (κ2) is 7.53. The molecule has 0 radical (unpaired) electrons. The summed E-state index contributed by atoms with van der Waals surface area (Å²) >= 11 is 5.95. The zero-order valence-electron chi connectivity index (χ0n) is 15.4. The summed E-state index contributed by atoms with van der Waals surface area (Å²) in [4.78, 5) is 17.0.